The number of nitrogens with zero attached hydrogens (tertiary/aromatic N) is 5. The van der Waals surface area contributed by atoms with Gasteiger partial charge in [0.2, 0.25) is 5.91 Å². The van der Waals surface area contributed by atoms with Crippen LogP contribution in [-0.2, 0) is 4.79 Å². The minimum absolute atomic E-state index is 0.261. The Morgan fingerprint density at radius 2 is 1.61 bits per heavy atom. The monoisotopic (exact) mass is 510 g/mol. The second-order valence-corrected chi connectivity index (χ2v) is 8.86. The van der Waals surface area contributed by atoms with Crippen LogP contribution in [-0.4, -0.2) is 48.7 Å². The van der Waals surface area contributed by atoms with E-state index < -0.39 is 11.8 Å². The number of nitriles is 1. The van der Waals surface area contributed by atoms with Gasteiger partial charge in [0.15, 0.2) is 11.7 Å². The van der Waals surface area contributed by atoms with Crippen LogP contribution in [0.1, 0.15) is 18.5 Å². The first-order chi connectivity index (χ1) is 18.6. The standard InChI is InChI=1S/C29H27FN6O2/c1-2-38-21-13-11-20(12-14-21)32-29(37)22(19-31)27-28(34-25-9-5-4-8-24(25)33-27)36-17-15-35(16-18-36)26-10-6-3-7-23(26)30/h3-14,22H,2,15-18H2,1H3,(H,32,37)/t22-/m1/s1. The molecule has 1 N–H and O–H groups in total. The fraction of sp³-hybridized carbons (Fsp3) is 0.241. The number of hydrogen-bond acceptors (Lipinski definition) is 7. The molecule has 0 bridgehead atoms. The molecule has 1 amide bonds. The van der Waals surface area contributed by atoms with Crippen molar-refractivity contribution in [3.05, 3.63) is 84.3 Å². The average Bonchev–Trinajstić information content (AvgIpc) is 2.95. The van der Waals surface area contributed by atoms with E-state index in [2.05, 4.69) is 11.4 Å². The van der Waals surface area contributed by atoms with E-state index in [4.69, 9.17) is 14.7 Å². The summed E-state index contributed by atoms with van der Waals surface area (Å²) in [6, 6.07) is 23.2. The molecule has 5 rings (SSSR count). The van der Waals surface area contributed by atoms with Gasteiger partial charge < -0.3 is 19.9 Å². The number of carbonyl (C=O) groups excluding carboxylic acids is 1. The molecule has 4 aromatic rings. The smallest absolute Gasteiger partial charge is 0.248 e. The maximum Gasteiger partial charge on any atom is 0.248 e. The first kappa shape index (κ1) is 25.0. The Labute approximate surface area is 220 Å². The van der Waals surface area contributed by atoms with E-state index in [1.807, 2.05) is 47.1 Å². The molecule has 0 unspecified atom stereocenters. The number of amides is 1. The maximum atomic E-state index is 14.3. The molecule has 38 heavy (non-hydrogen) atoms. The average molecular weight is 511 g/mol. The molecular weight excluding hydrogens is 483 g/mol. The summed E-state index contributed by atoms with van der Waals surface area (Å²) in [7, 11) is 0. The molecule has 0 saturated carbocycles. The first-order valence-corrected chi connectivity index (χ1v) is 12.5. The SMILES string of the molecule is CCOc1ccc(NC(=O)[C@H](C#N)c2nc3ccccc3nc2N2CCN(c3ccccc3F)CC2)cc1. The molecule has 1 aliphatic heterocycles. The molecule has 1 atom stereocenters. The predicted octanol–water partition coefficient (Wildman–Crippen LogP) is 4.74. The Morgan fingerprint density at radius 1 is 0.974 bits per heavy atom. The number of hydrogen-bond donors (Lipinski definition) is 1. The van der Waals surface area contributed by atoms with Crippen LogP contribution in [0.5, 0.6) is 5.75 Å². The van der Waals surface area contributed by atoms with Crippen molar-refractivity contribution in [1.29, 1.82) is 5.26 Å². The first-order valence-electron chi connectivity index (χ1n) is 12.5. The molecule has 0 spiro atoms. The van der Waals surface area contributed by atoms with E-state index in [1.165, 1.54) is 6.07 Å². The van der Waals surface area contributed by atoms with Crippen LogP contribution in [0.25, 0.3) is 11.0 Å². The lowest BCUT2D eigenvalue weighted by atomic mass is 10.0. The molecule has 0 radical (unpaired) electrons. The third-order valence-corrected chi connectivity index (χ3v) is 6.45. The van der Waals surface area contributed by atoms with Gasteiger partial charge in [-0.15, -0.1) is 0 Å². The van der Waals surface area contributed by atoms with Crippen LogP contribution in [0.15, 0.2) is 72.8 Å². The maximum absolute atomic E-state index is 14.3. The van der Waals surface area contributed by atoms with Gasteiger partial charge in [-0.3, -0.25) is 4.79 Å². The van der Waals surface area contributed by atoms with Crippen LogP contribution < -0.4 is 19.9 Å². The van der Waals surface area contributed by atoms with E-state index in [-0.39, 0.29) is 5.82 Å². The fourth-order valence-corrected chi connectivity index (χ4v) is 4.56. The number of carbonyl (C=O) groups is 1. The van der Waals surface area contributed by atoms with Crippen molar-refractivity contribution >= 4 is 34.1 Å². The van der Waals surface area contributed by atoms with Crippen LogP contribution in [0.4, 0.5) is 21.6 Å². The minimum Gasteiger partial charge on any atom is -0.494 e. The predicted molar refractivity (Wildman–Crippen MR) is 145 cm³/mol. The van der Waals surface area contributed by atoms with Gasteiger partial charge in [0.25, 0.3) is 0 Å². The van der Waals surface area contributed by atoms with Gasteiger partial charge in [-0.25, -0.2) is 14.4 Å². The molecule has 192 valence electrons. The quantitative estimate of drug-likeness (QED) is 0.384. The zero-order chi connectivity index (χ0) is 26.5. The molecule has 0 aliphatic carbocycles. The highest BCUT2D eigenvalue weighted by atomic mass is 19.1. The van der Waals surface area contributed by atoms with E-state index in [0.29, 0.717) is 72.5 Å². The lowest BCUT2D eigenvalue weighted by Gasteiger charge is -2.37. The molecule has 1 aliphatic rings. The summed E-state index contributed by atoms with van der Waals surface area (Å²) >= 11 is 0. The normalized spacial score (nSPS) is 14.1. The molecule has 1 aromatic heterocycles. The zero-order valence-corrected chi connectivity index (χ0v) is 21.0. The number of nitrogens with one attached hydrogen (secondary N) is 1. The van der Waals surface area contributed by atoms with E-state index in [9.17, 15) is 14.4 Å². The van der Waals surface area contributed by atoms with Crippen molar-refractivity contribution in [2.75, 3.05) is 47.9 Å². The summed E-state index contributed by atoms with van der Waals surface area (Å²) in [5.41, 5.74) is 2.68. The topological polar surface area (TPSA) is 94.4 Å². The Hall–Kier alpha value is -4.71. The zero-order valence-electron chi connectivity index (χ0n) is 21.0. The number of anilines is 3. The summed E-state index contributed by atoms with van der Waals surface area (Å²) in [5, 5.41) is 12.9. The number of piperazine rings is 1. The Balaban J connectivity index is 1.42. The lowest BCUT2D eigenvalue weighted by molar-refractivity contribution is -0.116. The Morgan fingerprint density at radius 3 is 2.26 bits per heavy atom. The Kier molecular flexibility index (Phi) is 7.31. The van der Waals surface area contributed by atoms with Crippen molar-refractivity contribution in [2.24, 2.45) is 0 Å². The summed E-state index contributed by atoms with van der Waals surface area (Å²) in [6.45, 7) is 4.63. The van der Waals surface area contributed by atoms with Crippen molar-refractivity contribution in [3.8, 4) is 11.8 Å². The van der Waals surface area contributed by atoms with Gasteiger partial charge in [-0.05, 0) is 55.5 Å². The second kappa shape index (κ2) is 11.1. The number of fused-ring (bicyclic) bond motifs is 1. The van der Waals surface area contributed by atoms with Crippen molar-refractivity contribution < 1.29 is 13.9 Å². The second-order valence-electron chi connectivity index (χ2n) is 8.86. The van der Waals surface area contributed by atoms with Gasteiger partial charge in [0.05, 0.1) is 29.4 Å². The highest BCUT2D eigenvalue weighted by Gasteiger charge is 2.30. The molecule has 1 fully saturated rings. The summed E-state index contributed by atoms with van der Waals surface area (Å²) in [4.78, 5) is 26.9. The lowest BCUT2D eigenvalue weighted by Crippen LogP contribution is -2.47. The van der Waals surface area contributed by atoms with Crippen molar-refractivity contribution in [1.82, 2.24) is 9.97 Å². The van der Waals surface area contributed by atoms with Crippen LogP contribution in [0.2, 0.25) is 0 Å². The molecule has 1 saturated heterocycles. The van der Waals surface area contributed by atoms with Crippen molar-refractivity contribution in [3.63, 3.8) is 0 Å². The number of ether oxygens (including phenoxy) is 1. The number of benzene rings is 3. The van der Waals surface area contributed by atoms with Gasteiger partial charge in [0, 0.05) is 31.9 Å². The molecule has 2 heterocycles. The van der Waals surface area contributed by atoms with Gasteiger partial charge in [0.1, 0.15) is 17.3 Å². The number of para-hydroxylation sites is 3. The van der Waals surface area contributed by atoms with Gasteiger partial charge in [-0.1, -0.05) is 24.3 Å². The number of halogens is 1. The number of aromatic nitrogens is 2. The molecule has 9 heteroatoms. The molecule has 8 nitrogen and oxygen atoms in total. The third kappa shape index (κ3) is 5.20. The fourth-order valence-electron chi connectivity index (χ4n) is 4.56. The minimum atomic E-state index is -1.18. The largest absolute Gasteiger partial charge is 0.494 e. The highest BCUT2D eigenvalue weighted by Crippen LogP contribution is 2.30. The number of rotatable bonds is 7. The van der Waals surface area contributed by atoms with Crippen molar-refractivity contribution in [2.45, 2.75) is 12.8 Å². The summed E-state index contributed by atoms with van der Waals surface area (Å²) in [6.07, 6.45) is 0. The molecular formula is C29H27FN6O2. The summed E-state index contributed by atoms with van der Waals surface area (Å²) < 4.78 is 19.8. The van der Waals surface area contributed by atoms with Gasteiger partial charge >= 0.3 is 0 Å². The van der Waals surface area contributed by atoms with Gasteiger partial charge in [-0.2, -0.15) is 5.26 Å². The summed E-state index contributed by atoms with van der Waals surface area (Å²) in [5.74, 6) is -0.752. The highest BCUT2D eigenvalue weighted by molar-refractivity contribution is 5.98. The van der Waals surface area contributed by atoms with Crippen LogP contribution in [0.3, 0.4) is 0 Å². The third-order valence-electron chi connectivity index (χ3n) is 6.45. The molecule has 3 aromatic carbocycles. The van der Waals surface area contributed by atoms with E-state index in [0.717, 1.165) is 0 Å². The van der Waals surface area contributed by atoms with E-state index >= 15 is 0 Å². The van der Waals surface area contributed by atoms with Crippen LogP contribution in [0, 0.1) is 17.1 Å². The van der Waals surface area contributed by atoms with Crippen LogP contribution >= 0.6 is 0 Å². The Bertz CT molecular complexity index is 1480. The van der Waals surface area contributed by atoms with E-state index in [1.54, 1.807) is 36.4 Å².